The van der Waals surface area contributed by atoms with Crippen molar-refractivity contribution in [3.05, 3.63) is 0 Å². The van der Waals surface area contributed by atoms with Gasteiger partial charge in [0.1, 0.15) is 6.04 Å². The smallest absolute Gasteiger partial charge is 0.327 e. The number of nitrogens with one attached hydrogen (secondary N) is 1. The van der Waals surface area contributed by atoms with E-state index in [0.717, 1.165) is 13.0 Å². The van der Waals surface area contributed by atoms with E-state index in [4.69, 9.17) is 5.11 Å². The zero-order chi connectivity index (χ0) is 13.7. The fourth-order valence-electron chi connectivity index (χ4n) is 1.67. The molecule has 6 nitrogen and oxygen atoms in total. The molecule has 1 saturated heterocycles. The second kappa shape index (κ2) is 6.84. The molecule has 0 aliphatic carbocycles. The van der Waals surface area contributed by atoms with Crippen molar-refractivity contribution in [3.8, 4) is 0 Å². The van der Waals surface area contributed by atoms with Crippen LogP contribution in [-0.4, -0.2) is 71.3 Å². The van der Waals surface area contributed by atoms with Gasteiger partial charge in [0.25, 0.3) is 0 Å². The monoisotopic (exact) mass is 275 g/mol. The van der Waals surface area contributed by atoms with Crippen LogP contribution in [0.5, 0.6) is 0 Å². The van der Waals surface area contributed by atoms with Gasteiger partial charge in [-0.1, -0.05) is 0 Å². The normalized spacial score (nSPS) is 21.1. The Morgan fingerprint density at radius 3 is 2.78 bits per heavy atom. The number of hydrogen-bond acceptors (Lipinski definition) is 4. The number of hydrogen-bond donors (Lipinski definition) is 2. The highest BCUT2D eigenvalue weighted by Gasteiger charge is 2.34. The Morgan fingerprint density at radius 2 is 2.22 bits per heavy atom. The maximum absolute atomic E-state index is 11.9. The van der Waals surface area contributed by atoms with Crippen LogP contribution in [0.2, 0.25) is 0 Å². The van der Waals surface area contributed by atoms with E-state index < -0.39 is 12.0 Å². The van der Waals surface area contributed by atoms with Gasteiger partial charge in [0, 0.05) is 11.8 Å². The molecule has 0 aromatic heterocycles. The van der Waals surface area contributed by atoms with Gasteiger partial charge in [-0.15, -0.1) is 11.8 Å². The Kier molecular flexibility index (Phi) is 5.74. The SMILES string of the molecule is CC(CCN(C)C)NC(=O)N1CSCC1C(=O)O. The van der Waals surface area contributed by atoms with Crippen molar-refractivity contribution in [1.29, 1.82) is 0 Å². The summed E-state index contributed by atoms with van der Waals surface area (Å²) in [5.74, 6) is -0.0195. The van der Waals surface area contributed by atoms with Gasteiger partial charge in [0.05, 0.1) is 5.88 Å². The molecule has 0 spiro atoms. The summed E-state index contributed by atoms with van der Waals surface area (Å²) in [6.07, 6.45) is 0.845. The van der Waals surface area contributed by atoms with Crippen molar-refractivity contribution >= 4 is 23.8 Å². The quantitative estimate of drug-likeness (QED) is 0.764. The van der Waals surface area contributed by atoms with Gasteiger partial charge in [0.15, 0.2) is 0 Å². The molecule has 1 heterocycles. The lowest BCUT2D eigenvalue weighted by molar-refractivity contribution is -0.140. The van der Waals surface area contributed by atoms with E-state index in [1.165, 1.54) is 16.7 Å². The highest BCUT2D eigenvalue weighted by Crippen LogP contribution is 2.21. The molecule has 2 N–H and O–H groups in total. The van der Waals surface area contributed by atoms with Crippen LogP contribution in [-0.2, 0) is 4.79 Å². The first kappa shape index (κ1) is 15.1. The molecule has 2 atom stereocenters. The van der Waals surface area contributed by atoms with Gasteiger partial charge in [-0.3, -0.25) is 0 Å². The Balaban J connectivity index is 2.42. The van der Waals surface area contributed by atoms with Crippen LogP contribution in [0.15, 0.2) is 0 Å². The molecule has 1 fully saturated rings. The first-order valence-electron chi connectivity index (χ1n) is 5.94. The Bertz CT molecular complexity index is 312. The van der Waals surface area contributed by atoms with Gasteiger partial charge in [-0.25, -0.2) is 9.59 Å². The van der Waals surface area contributed by atoms with E-state index in [2.05, 4.69) is 10.2 Å². The van der Waals surface area contributed by atoms with Crippen molar-refractivity contribution in [2.75, 3.05) is 32.3 Å². The van der Waals surface area contributed by atoms with Gasteiger partial charge in [-0.05, 0) is 34.0 Å². The van der Waals surface area contributed by atoms with E-state index in [0.29, 0.717) is 11.6 Å². The number of thioether (sulfide) groups is 1. The molecule has 0 bridgehead atoms. The van der Waals surface area contributed by atoms with Crippen molar-refractivity contribution in [1.82, 2.24) is 15.1 Å². The molecule has 0 saturated carbocycles. The Labute approximate surface area is 112 Å². The van der Waals surface area contributed by atoms with Crippen LogP contribution in [0.3, 0.4) is 0 Å². The highest BCUT2D eigenvalue weighted by molar-refractivity contribution is 7.99. The number of aliphatic carboxylic acids is 1. The van der Waals surface area contributed by atoms with Crippen LogP contribution in [0, 0.1) is 0 Å². The van der Waals surface area contributed by atoms with Crippen LogP contribution in [0.4, 0.5) is 4.79 Å². The average molecular weight is 275 g/mol. The molecule has 0 aromatic rings. The number of nitrogens with zero attached hydrogens (tertiary/aromatic N) is 2. The van der Waals surface area contributed by atoms with Gasteiger partial charge < -0.3 is 20.2 Å². The van der Waals surface area contributed by atoms with E-state index in [-0.39, 0.29) is 12.1 Å². The molecule has 18 heavy (non-hydrogen) atoms. The van der Waals surface area contributed by atoms with Crippen LogP contribution in [0.25, 0.3) is 0 Å². The second-order valence-corrected chi connectivity index (χ2v) is 5.77. The molecule has 0 aromatic carbocycles. The molecule has 7 heteroatoms. The van der Waals surface area contributed by atoms with Crippen molar-refractivity contribution in [2.24, 2.45) is 0 Å². The summed E-state index contributed by atoms with van der Waals surface area (Å²) < 4.78 is 0. The molecular weight excluding hydrogens is 254 g/mol. The third kappa shape index (κ3) is 4.38. The maximum atomic E-state index is 11.9. The average Bonchev–Trinajstić information content (AvgIpc) is 2.75. The molecule has 0 radical (unpaired) electrons. The topological polar surface area (TPSA) is 72.9 Å². The summed E-state index contributed by atoms with van der Waals surface area (Å²) in [6, 6.07) is -0.936. The van der Waals surface area contributed by atoms with E-state index in [1.54, 1.807) is 0 Å². The van der Waals surface area contributed by atoms with Crippen molar-refractivity contribution in [3.63, 3.8) is 0 Å². The predicted molar refractivity (Wildman–Crippen MR) is 71.8 cm³/mol. The summed E-state index contributed by atoms with van der Waals surface area (Å²) in [5.41, 5.74) is 0. The Morgan fingerprint density at radius 1 is 1.56 bits per heavy atom. The highest BCUT2D eigenvalue weighted by atomic mass is 32.2. The fraction of sp³-hybridized carbons (Fsp3) is 0.818. The lowest BCUT2D eigenvalue weighted by Gasteiger charge is -2.24. The van der Waals surface area contributed by atoms with E-state index in [1.807, 2.05) is 21.0 Å². The lowest BCUT2D eigenvalue weighted by Crippen LogP contribution is -2.49. The summed E-state index contributed by atoms with van der Waals surface area (Å²) in [6.45, 7) is 2.82. The van der Waals surface area contributed by atoms with Gasteiger partial charge >= 0.3 is 12.0 Å². The first-order valence-corrected chi connectivity index (χ1v) is 7.09. The minimum Gasteiger partial charge on any atom is -0.480 e. The molecule has 1 rings (SSSR count). The molecule has 1 aliphatic rings. The van der Waals surface area contributed by atoms with Gasteiger partial charge in [-0.2, -0.15) is 0 Å². The van der Waals surface area contributed by atoms with Gasteiger partial charge in [0.2, 0.25) is 0 Å². The van der Waals surface area contributed by atoms with Crippen LogP contribution in [0.1, 0.15) is 13.3 Å². The number of carboxylic acid groups (broad SMARTS) is 1. The van der Waals surface area contributed by atoms with E-state index in [9.17, 15) is 9.59 Å². The molecule has 2 amide bonds. The molecule has 1 aliphatic heterocycles. The van der Waals surface area contributed by atoms with Crippen molar-refractivity contribution < 1.29 is 14.7 Å². The van der Waals surface area contributed by atoms with Crippen molar-refractivity contribution in [2.45, 2.75) is 25.4 Å². The third-order valence-corrected chi connectivity index (χ3v) is 3.82. The van der Waals surface area contributed by atoms with E-state index >= 15 is 0 Å². The summed E-state index contributed by atoms with van der Waals surface area (Å²) >= 11 is 1.47. The lowest BCUT2D eigenvalue weighted by atomic mass is 10.2. The number of carbonyl (C=O) groups excluding carboxylic acids is 1. The standard InChI is InChI=1S/C11H21N3O3S/c1-8(4-5-13(2)3)12-11(17)14-7-18-6-9(14)10(15)16/h8-9H,4-7H2,1-3H3,(H,12,17)(H,15,16). The molecule has 104 valence electrons. The summed E-state index contributed by atoms with van der Waals surface area (Å²) in [7, 11) is 3.96. The van der Waals surface area contributed by atoms with Crippen LogP contribution >= 0.6 is 11.8 Å². The third-order valence-electron chi connectivity index (χ3n) is 2.81. The summed E-state index contributed by atoms with van der Waals surface area (Å²) in [5, 5.41) is 11.8. The number of carbonyl (C=O) groups is 2. The zero-order valence-electron chi connectivity index (χ0n) is 11.0. The minimum absolute atomic E-state index is 0.0416. The second-order valence-electron chi connectivity index (χ2n) is 4.77. The number of carboxylic acids is 1. The zero-order valence-corrected chi connectivity index (χ0v) is 11.9. The Hall–Kier alpha value is -0.950. The fourth-order valence-corrected chi connectivity index (χ4v) is 2.81. The predicted octanol–water partition coefficient (Wildman–Crippen LogP) is 0.496. The maximum Gasteiger partial charge on any atom is 0.327 e. The number of urea groups is 1. The van der Waals surface area contributed by atoms with Crippen LogP contribution < -0.4 is 5.32 Å². The molecular formula is C11H21N3O3S. The largest absolute Gasteiger partial charge is 0.480 e. The molecule has 2 unspecified atom stereocenters. The number of amides is 2. The minimum atomic E-state index is -0.934. The first-order chi connectivity index (χ1) is 8.41. The summed E-state index contributed by atoms with van der Waals surface area (Å²) in [4.78, 5) is 26.4. The number of rotatable bonds is 5.